The molecule has 0 bridgehead atoms. The molecule has 3 aromatic carbocycles. The van der Waals surface area contributed by atoms with Gasteiger partial charge in [0, 0.05) is 19.5 Å². The van der Waals surface area contributed by atoms with Crippen LogP contribution in [0.5, 0.6) is 0 Å². The average Bonchev–Trinajstić information content (AvgIpc) is 2.82. The minimum absolute atomic E-state index is 0.0967. The van der Waals surface area contributed by atoms with E-state index in [-0.39, 0.29) is 24.1 Å². The van der Waals surface area contributed by atoms with Crippen molar-refractivity contribution >= 4 is 11.8 Å². The summed E-state index contributed by atoms with van der Waals surface area (Å²) in [6, 6.07) is 24.6. The van der Waals surface area contributed by atoms with Crippen molar-refractivity contribution in [3.05, 3.63) is 107 Å². The Balaban J connectivity index is 1.92. The molecule has 0 saturated heterocycles. The third-order valence-corrected chi connectivity index (χ3v) is 5.28. The van der Waals surface area contributed by atoms with Crippen LogP contribution in [0.15, 0.2) is 84.9 Å². The highest BCUT2D eigenvalue weighted by Crippen LogP contribution is 2.17. The van der Waals surface area contributed by atoms with Crippen LogP contribution in [0.3, 0.4) is 0 Å². The molecule has 1 atom stereocenters. The Morgan fingerprint density at radius 2 is 1.44 bits per heavy atom. The standard InChI is InChI=1S/C27H29FN2O2/c1-2-17-29-27(32)25(18-21-9-5-3-6-10-21)30(20-23-11-7-4-8-12-23)26(31)19-22-13-15-24(28)16-14-22/h3-16,25H,2,17-20H2,1H3,(H,29,32). The number of carbonyl (C=O) groups excluding carboxylic acids is 2. The molecule has 166 valence electrons. The van der Waals surface area contributed by atoms with Gasteiger partial charge in [-0.2, -0.15) is 0 Å². The number of amides is 2. The molecule has 0 fully saturated rings. The SMILES string of the molecule is CCCNC(=O)C(Cc1ccccc1)N(Cc1ccccc1)C(=O)Cc1ccc(F)cc1. The second kappa shape index (κ2) is 11.8. The zero-order chi connectivity index (χ0) is 22.8. The lowest BCUT2D eigenvalue weighted by molar-refractivity contribution is -0.140. The fraction of sp³-hybridized carbons (Fsp3) is 0.259. The lowest BCUT2D eigenvalue weighted by Crippen LogP contribution is -2.51. The summed E-state index contributed by atoms with van der Waals surface area (Å²) in [6.07, 6.45) is 1.32. The fourth-order valence-corrected chi connectivity index (χ4v) is 3.58. The van der Waals surface area contributed by atoms with Crippen LogP contribution in [0.25, 0.3) is 0 Å². The molecule has 1 N–H and O–H groups in total. The maximum atomic E-state index is 13.5. The Kier molecular flexibility index (Phi) is 8.55. The average molecular weight is 433 g/mol. The summed E-state index contributed by atoms with van der Waals surface area (Å²) in [7, 11) is 0. The smallest absolute Gasteiger partial charge is 0.243 e. The Morgan fingerprint density at radius 3 is 2.03 bits per heavy atom. The predicted octanol–water partition coefficient (Wildman–Crippen LogP) is 4.53. The summed E-state index contributed by atoms with van der Waals surface area (Å²) in [5.74, 6) is -0.685. The van der Waals surface area contributed by atoms with Gasteiger partial charge in [-0.05, 0) is 35.2 Å². The van der Waals surface area contributed by atoms with Crippen molar-refractivity contribution in [2.45, 2.75) is 38.8 Å². The van der Waals surface area contributed by atoms with Gasteiger partial charge in [0.2, 0.25) is 11.8 Å². The lowest BCUT2D eigenvalue weighted by atomic mass is 10.0. The minimum atomic E-state index is -0.655. The van der Waals surface area contributed by atoms with Gasteiger partial charge in [0.15, 0.2) is 0 Å². The molecule has 0 aromatic heterocycles. The molecule has 5 heteroatoms. The van der Waals surface area contributed by atoms with Crippen LogP contribution in [0.4, 0.5) is 4.39 Å². The molecular formula is C27H29FN2O2. The highest BCUT2D eigenvalue weighted by Gasteiger charge is 2.30. The van der Waals surface area contributed by atoms with Gasteiger partial charge in [-0.1, -0.05) is 79.7 Å². The molecule has 3 rings (SSSR count). The second-order valence-electron chi connectivity index (χ2n) is 7.81. The summed E-state index contributed by atoms with van der Waals surface area (Å²) in [5, 5.41) is 2.96. The quantitative estimate of drug-likeness (QED) is 0.512. The number of nitrogens with zero attached hydrogens (tertiary/aromatic N) is 1. The van der Waals surface area contributed by atoms with Crippen LogP contribution in [-0.4, -0.2) is 29.3 Å². The molecule has 3 aromatic rings. The molecule has 0 heterocycles. The number of benzene rings is 3. The summed E-state index contributed by atoms with van der Waals surface area (Å²) in [4.78, 5) is 28.3. The van der Waals surface area contributed by atoms with Crippen molar-refractivity contribution in [1.29, 1.82) is 0 Å². The fourth-order valence-electron chi connectivity index (χ4n) is 3.58. The summed E-state index contributed by atoms with van der Waals surface area (Å²) in [5.41, 5.74) is 2.64. The van der Waals surface area contributed by atoms with Gasteiger partial charge in [0.05, 0.1) is 6.42 Å². The van der Waals surface area contributed by atoms with Gasteiger partial charge in [0.1, 0.15) is 11.9 Å². The first-order chi connectivity index (χ1) is 15.6. The van der Waals surface area contributed by atoms with Crippen molar-refractivity contribution in [3.8, 4) is 0 Å². The van der Waals surface area contributed by atoms with E-state index in [0.717, 1.165) is 17.5 Å². The summed E-state index contributed by atoms with van der Waals surface area (Å²) >= 11 is 0. The van der Waals surface area contributed by atoms with Crippen LogP contribution < -0.4 is 5.32 Å². The van der Waals surface area contributed by atoms with Gasteiger partial charge in [0.25, 0.3) is 0 Å². The van der Waals surface area contributed by atoms with Gasteiger partial charge < -0.3 is 10.2 Å². The third kappa shape index (κ3) is 6.77. The van der Waals surface area contributed by atoms with E-state index < -0.39 is 6.04 Å². The van der Waals surface area contributed by atoms with Crippen molar-refractivity contribution in [3.63, 3.8) is 0 Å². The first kappa shape index (κ1) is 23.2. The topological polar surface area (TPSA) is 49.4 Å². The Bertz CT molecular complexity index is 991. The van der Waals surface area contributed by atoms with E-state index in [1.165, 1.54) is 12.1 Å². The maximum Gasteiger partial charge on any atom is 0.243 e. The molecule has 0 radical (unpaired) electrons. The van der Waals surface area contributed by atoms with Crippen molar-refractivity contribution < 1.29 is 14.0 Å². The Morgan fingerprint density at radius 1 is 0.844 bits per heavy atom. The van der Waals surface area contributed by atoms with Crippen molar-refractivity contribution in [2.75, 3.05) is 6.54 Å². The summed E-state index contributed by atoms with van der Waals surface area (Å²) < 4.78 is 13.3. The normalized spacial score (nSPS) is 11.6. The Labute approximate surface area is 189 Å². The van der Waals surface area contributed by atoms with Crippen LogP contribution in [0.1, 0.15) is 30.0 Å². The molecule has 0 spiro atoms. The van der Waals surface area contributed by atoms with Crippen LogP contribution >= 0.6 is 0 Å². The molecule has 0 saturated carbocycles. The highest BCUT2D eigenvalue weighted by atomic mass is 19.1. The van der Waals surface area contributed by atoms with E-state index in [1.807, 2.05) is 67.6 Å². The van der Waals surface area contributed by atoms with Gasteiger partial charge in [-0.25, -0.2) is 4.39 Å². The van der Waals surface area contributed by atoms with Gasteiger partial charge in [-0.15, -0.1) is 0 Å². The Hall–Kier alpha value is -3.47. The van der Waals surface area contributed by atoms with E-state index in [9.17, 15) is 14.0 Å². The summed E-state index contributed by atoms with van der Waals surface area (Å²) in [6.45, 7) is 2.86. The monoisotopic (exact) mass is 432 g/mol. The van der Waals surface area contributed by atoms with E-state index in [0.29, 0.717) is 25.1 Å². The van der Waals surface area contributed by atoms with Crippen LogP contribution in [0, 0.1) is 5.82 Å². The number of carbonyl (C=O) groups is 2. The number of rotatable bonds is 10. The largest absolute Gasteiger partial charge is 0.354 e. The minimum Gasteiger partial charge on any atom is -0.354 e. The van der Waals surface area contributed by atoms with Crippen LogP contribution in [0.2, 0.25) is 0 Å². The number of halogens is 1. The van der Waals surface area contributed by atoms with E-state index in [1.54, 1.807) is 17.0 Å². The van der Waals surface area contributed by atoms with Gasteiger partial charge >= 0.3 is 0 Å². The second-order valence-corrected chi connectivity index (χ2v) is 7.81. The zero-order valence-corrected chi connectivity index (χ0v) is 18.3. The first-order valence-corrected chi connectivity index (χ1v) is 11.0. The molecular weight excluding hydrogens is 403 g/mol. The molecule has 1 unspecified atom stereocenters. The number of hydrogen-bond donors (Lipinski definition) is 1. The van der Waals surface area contributed by atoms with Crippen molar-refractivity contribution in [2.24, 2.45) is 0 Å². The predicted molar refractivity (Wildman–Crippen MR) is 124 cm³/mol. The first-order valence-electron chi connectivity index (χ1n) is 11.0. The molecule has 32 heavy (non-hydrogen) atoms. The number of hydrogen-bond acceptors (Lipinski definition) is 2. The van der Waals surface area contributed by atoms with Gasteiger partial charge in [-0.3, -0.25) is 9.59 Å². The molecule has 2 amide bonds. The third-order valence-electron chi connectivity index (χ3n) is 5.28. The lowest BCUT2D eigenvalue weighted by Gasteiger charge is -2.31. The zero-order valence-electron chi connectivity index (χ0n) is 18.3. The molecule has 0 aliphatic carbocycles. The number of nitrogens with one attached hydrogen (secondary N) is 1. The van der Waals surface area contributed by atoms with Crippen LogP contribution in [-0.2, 0) is 29.0 Å². The van der Waals surface area contributed by atoms with E-state index >= 15 is 0 Å². The molecule has 4 nitrogen and oxygen atoms in total. The van der Waals surface area contributed by atoms with E-state index in [4.69, 9.17) is 0 Å². The van der Waals surface area contributed by atoms with E-state index in [2.05, 4.69) is 5.32 Å². The maximum absolute atomic E-state index is 13.5. The molecule has 0 aliphatic rings. The highest BCUT2D eigenvalue weighted by molar-refractivity contribution is 5.88. The molecule has 0 aliphatic heterocycles. The van der Waals surface area contributed by atoms with Crippen molar-refractivity contribution in [1.82, 2.24) is 10.2 Å².